The number of aliphatic carboxylic acids is 1. The highest BCUT2D eigenvalue weighted by Crippen LogP contribution is 2.27. The molecule has 0 aliphatic heterocycles. The Hall–Kier alpha value is -1.69. The molecule has 1 aliphatic rings. The first-order valence-corrected chi connectivity index (χ1v) is 6.64. The van der Waals surface area contributed by atoms with E-state index in [9.17, 15) is 9.59 Å². The van der Waals surface area contributed by atoms with Crippen molar-refractivity contribution in [3.8, 4) is 0 Å². The molecule has 1 fully saturated rings. The fourth-order valence-electron chi connectivity index (χ4n) is 1.97. The number of carbonyl (C=O) groups is 2. The summed E-state index contributed by atoms with van der Waals surface area (Å²) in [5.41, 5.74) is 0. The molecule has 0 radical (unpaired) electrons. The Morgan fingerprint density at radius 3 is 2.83 bits per heavy atom. The average Bonchev–Trinajstić information content (AvgIpc) is 2.97. The van der Waals surface area contributed by atoms with Crippen molar-refractivity contribution < 1.29 is 14.7 Å². The third-order valence-corrected chi connectivity index (χ3v) is 3.75. The van der Waals surface area contributed by atoms with Crippen LogP contribution in [0.4, 0.5) is 5.13 Å². The minimum Gasteiger partial charge on any atom is -0.478 e. The molecule has 18 heavy (non-hydrogen) atoms. The van der Waals surface area contributed by atoms with E-state index in [-0.39, 0.29) is 11.8 Å². The normalized spacial score (nSPS) is 16.2. The van der Waals surface area contributed by atoms with Crippen molar-refractivity contribution >= 4 is 34.4 Å². The number of rotatable bonds is 4. The van der Waals surface area contributed by atoms with E-state index in [2.05, 4.69) is 10.3 Å². The van der Waals surface area contributed by atoms with Gasteiger partial charge < -0.3 is 10.4 Å². The van der Waals surface area contributed by atoms with Crippen molar-refractivity contribution in [1.82, 2.24) is 4.98 Å². The van der Waals surface area contributed by atoms with Crippen LogP contribution in [0.5, 0.6) is 0 Å². The van der Waals surface area contributed by atoms with Gasteiger partial charge in [-0.05, 0) is 18.9 Å². The van der Waals surface area contributed by atoms with Crippen LogP contribution in [0, 0.1) is 5.92 Å². The van der Waals surface area contributed by atoms with Gasteiger partial charge in [0.25, 0.3) is 0 Å². The molecule has 1 aromatic heterocycles. The molecule has 96 valence electrons. The summed E-state index contributed by atoms with van der Waals surface area (Å²) < 4.78 is 0. The van der Waals surface area contributed by atoms with E-state index in [0.717, 1.165) is 31.8 Å². The molecule has 1 heterocycles. The van der Waals surface area contributed by atoms with E-state index >= 15 is 0 Å². The number of hydrogen-bond donors (Lipinski definition) is 2. The molecule has 0 atom stereocenters. The SMILES string of the molecule is O=C(O)C=Cc1cnc(NC(=O)C2CCCC2)s1. The molecular weight excluding hydrogens is 252 g/mol. The van der Waals surface area contributed by atoms with Crippen LogP contribution < -0.4 is 5.32 Å². The van der Waals surface area contributed by atoms with Gasteiger partial charge in [0, 0.05) is 23.1 Å². The quantitative estimate of drug-likeness (QED) is 0.820. The molecule has 2 rings (SSSR count). The van der Waals surface area contributed by atoms with Gasteiger partial charge in [0.1, 0.15) is 0 Å². The van der Waals surface area contributed by atoms with Gasteiger partial charge in [-0.1, -0.05) is 24.2 Å². The second-order valence-electron chi connectivity index (χ2n) is 4.21. The Morgan fingerprint density at radius 2 is 2.17 bits per heavy atom. The lowest BCUT2D eigenvalue weighted by Gasteiger charge is -2.07. The topological polar surface area (TPSA) is 79.3 Å². The molecule has 6 heteroatoms. The van der Waals surface area contributed by atoms with Crippen LogP contribution in [0.3, 0.4) is 0 Å². The molecule has 0 spiro atoms. The Labute approximate surface area is 109 Å². The van der Waals surface area contributed by atoms with E-state index in [1.54, 1.807) is 6.20 Å². The monoisotopic (exact) mass is 266 g/mol. The summed E-state index contributed by atoms with van der Waals surface area (Å²) in [5, 5.41) is 11.8. The lowest BCUT2D eigenvalue weighted by Crippen LogP contribution is -2.19. The van der Waals surface area contributed by atoms with Gasteiger partial charge >= 0.3 is 5.97 Å². The number of nitrogens with zero attached hydrogens (tertiary/aromatic N) is 1. The van der Waals surface area contributed by atoms with Crippen molar-refractivity contribution in [3.05, 3.63) is 17.2 Å². The third kappa shape index (κ3) is 3.40. The molecule has 0 bridgehead atoms. The summed E-state index contributed by atoms with van der Waals surface area (Å²) in [6.45, 7) is 0. The minimum absolute atomic E-state index is 0.0237. The fourth-order valence-corrected chi connectivity index (χ4v) is 2.69. The van der Waals surface area contributed by atoms with Gasteiger partial charge in [0.05, 0.1) is 0 Å². The van der Waals surface area contributed by atoms with Crippen LogP contribution in [0.2, 0.25) is 0 Å². The first kappa shape index (κ1) is 12.8. The Morgan fingerprint density at radius 1 is 1.44 bits per heavy atom. The van der Waals surface area contributed by atoms with Crippen LogP contribution in [0.15, 0.2) is 12.3 Å². The zero-order valence-corrected chi connectivity index (χ0v) is 10.6. The number of thiazole rings is 1. The maximum atomic E-state index is 11.8. The summed E-state index contributed by atoms with van der Waals surface area (Å²) in [5.74, 6) is -0.873. The van der Waals surface area contributed by atoms with Crippen LogP contribution in [0.1, 0.15) is 30.6 Å². The van der Waals surface area contributed by atoms with Gasteiger partial charge in [-0.3, -0.25) is 4.79 Å². The Balaban J connectivity index is 1.93. The minimum atomic E-state index is -1.00. The van der Waals surface area contributed by atoms with E-state index in [4.69, 9.17) is 5.11 Å². The molecule has 1 aliphatic carbocycles. The molecule has 0 unspecified atom stereocenters. The zero-order chi connectivity index (χ0) is 13.0. The number of anilines is 1. The van der Waals surface area contributed by atoms with Crippen LogP contribution in [0.25, 0.3) is 6.08 Å². The standard InChI is InChI=1S/C12H14N2O3S/c15-10(16)6-5-9-7-13-12(18-9)14-11(17)8-3-1-2-4-8/h5-8H,1-4H2,(H,15,16)(H,13,14,17). The van der Waals surface area contributed by atoms with Crippen LogP contribution in [-0.4, -0.2) is 22.0 Å². The second-order valence-corrected chi connectivity index (χ2v) is 5.27. The summed E-state index contributed by atoms with van der Waals surface area (Å²) in [4.78, 5) is 26.9. The predicted molar refractivity (Wildman–Crippen MR) is 69.4 cm³/mol. The number of aromatic nitrogens is 1. The highest BCUT2D eigenvalue weighted by molar-refractivity contribution is 7.16. The third-order valence-electron chi connectivity index (χ3n) is 2.87. The van der Waals surface area contributed by atoms with Gasteiger partial charge in [-0.25, -0.2) is 9.78 Å². The largest absolute Gasteiger partial charge is 0.478 e. The van der Waals surface area contributed by atoms with Gasteiger partial charge in [-0.2, -0.15) is 0 Å². The van der Waals surface area contributed by atoms with Crippen molar-refractivity contribution in [2.24, 2.45) is 5.92 Å². The smallest absolute Gasteiger partial charge is 0.328 e. The van der Waals surface area contributed by atoms with Crippen molar-refractivity contribution in [1.29, 1.82) is 0 Å². The molecule has 1 saturated carbocycles. The van der Waals surface area contributed by atoms with Crippen molar-refractivity contribution in [2.45, 2.75) is 25.7 Å². The Bertz CT molecular complexity index is 475. The highest BCUT2D eigenvalue weighted by atomic mass is 32.1. The van der Waals surface area contributed by atoms with Gasteiger partial charge in [0.15, 0.2) is 5.13 Å². The van der Waals surface area contributed by atoms with Gasteiger partial charge in [0.2, 0.25) is 5.91 Å². The summed E-state index contributed by atoms with van der Waals surface area (Å²) in [7, 11) is 0. The first-order chi connectivity index (χ1) is 8.65. The molecule has 5 nitrogen and oxygen atoms in total. The van der Waals surface area contributed by atoms with Crippen LogP contribution in [-0.2, 0) is 9.59 Å². The maximum Gasteiger partial charge on any atom is 0.328 e. The van der Waals surface area contributed by atoms with E-state index < -0.39 is 5.97 Å². The summed E-state index contributed by atoms with van der Waals surface area (Å²) >= 11 is 1.27. The number of nitrogens with one attached hydrogen (secondary N) is 1. The maximum absolute atomic E-state index is 11.8. The highest BCUT2D eigenvalue weighted by Gasteiger charge is 2.23. The molecule has 2 N–H and O–H groups in total. The molecule has 0 saturated heterocycles. The number of hydrogen-bond acceptors (Lipinski definition) is 4. The first-order valence-electron chi connectivity index (χ1n) is 5.83. The van der Waals surface area contributed by atoms with Crippen LogP contribution >= 0.6 is 11.3 Å². The summed E-state index contributed by atoms with van der Waals surface area (Å²) in [6.07, 6.45) is 8.19. The predicted octanol–water partition coefficient (Wildman–Crippen LogP) is 2.37. The average molecular weight is 266 g/mol. The van der Waals surface area contributed by atoms with E-state index in [1.807, 2.05) is 0 Å². The van der Waals surface area contributed by atoms with Crippen molar-refractivity contribution in [3.63, 3.8) is 0 Å². The number of carboxylic acids is 1. The molecular formula is C12H14N2O3S. The zero-order valence-electron chi connectivity index (χ0n) is 9.76. The fraction of sp³-hybridized carbons (Fsp3) is 0.417. The number of amides is 1. The molecule has 1 amide bonds. The lowest BCUT2D eigenvalue weighted by atomic mass is 10.1. The molecule has 1 aromatic rings. The Kier molecular flexibility index (Phi) is 4.09. The van der Waals surface area contributed by atoms with E-state index in [1.165, 1.54) is 17.4 Å². The molecule has 0 aromatic carbocycles. The lowest BCUT2D eigenvalue weighted by molar-refractivity contribution is -0.131. The number of carboxylic acid groups (broad SMARTS) is 1. The number of carbonyl (C=O) groups excluding carboxylic acids is 1. The van der Waals surface area contributed by atoms with Crippen molar-refractivity contribution in [2.75, 3.05) is 5.32 Å². The van der Waals surface area contributed by atoms with Gasteiger partial charge in [-0.15, -0.1) is 0 Å². The van der Waals surface area contributed by atoms with E-state index in [0.29, 0.717) is 10.0 Å². The summed E-state index contributed by atoms with van der Waals surface area (Å²) in [6, 6.07) is 0. The second kappa shape index (κ2) is 5.77.